The summed E-state index contributed by atoms with van der Waals surface area (Å²) in [5, 5.41) is 0. The second-order valence-electron chi connectivity index (χ2n) is 9.37. The van der Waals surface area contributed by atoms with E-state index in [0.29, 0.717) is 5.41 Å². The normalized spacial score (nSPS) is 21.5. The maximum atomic E-state index is 5.79. The molecule has 116 valence electrons. The second-order valence-corrected chi connectivity index (χ2v) is 9.37. The van der Waals surface area contributed by atoms with E-state index in [4.69, 9.17) is 4.74 Å². The van der Waals surface area contributed by atoms with E-state index in [0.717, 1.165) is 6.42 Å². The predicted octanol–water partition coefficient (Wildman–Crippen LogP) is 5.77. The molecule has 1 unspecified atom stereocenters. The van der Waals surface area contributed by atoms with Crippen molar-refractivity contribution >= 4 is 0 Å². The van der Waals surface area contributed by atoms with Gasteiger partial charge in [-0.1, -0.05) is 62.3 Å². The van der Waals surface area contributed by atoms with Gasteiger partial charge in [0.2, 0.25) is 0 Å². The Morgan fingerprint density at radius 2 is 1.40 bits per heavy atom. The SMILES string of the molecule is COC1C=C(C(C)(C)C)C(CC(C)(C)C)=C1C(C)(C)C. The number of hydrogen-bond donors (Lipinski definition) is 0. The van der Waals surface area contributed by atoms with Gasteiger partial charge < -0.3 is 4.74 Å². The lowest BCUT2D eigenvalue weighted by Crippen LogP contribution is -2.23. The van der Waals surface area contributed by atoms with E-state index < -0.39 is 0 Å². The fraction of sp³-hybridized carbons (Fsp3) is 0.789. The molecule has 0 saturated carbocycles. The number of rotatable bonds is 2. The third kappa shape index (κ3) is 3.97. The average Bonchev–Trinajstić information content (AvgIpc) is 2.52. The molecule has 0 aromatic rings. The first-order valence-corrected chi connectivity index (χ1v) is 7.76. The molecule has 1 atom stereocenters. The van der Waals surface area contributed by atoms with Crippen molar-refractivity contribution < 1.29 is 4.74 Å². The van der Waals surface area contributed by atoms with Crippen molar-refractivity contribution in [1.29, 1.82) is 0 Å². The summed E-state index contributed by atoms with van der Waals surface area (Å²) < 4.78 is 5.79. The third-order valence-electron chi connectivity index (χ3n) is 3.83. The Morgan fingerprint density at radius 3 is 1.70 bits per heavy atom. The smallest absolute Gasteiger partial charge is 0.0979 e. The monoisotopic (exact) mass is 278 g/mol. The minimum atomic E-state index is 0.140. The van der Waals surface area contributed by atoms with Crippen LogP contribution in [0.3, 0.4) is 0 Å². The van der Waals surface area contributed by atoms with E-state index >= 15 is 0 Å². The molecule has 1 heteroatoms. The van der Waals surface area contributed by atoms with E-state index in [9.17, 15) is 0 Å². The van der Waals surface area contributed by atoms with Gasteiger partial charge in [0.25, 0.3) is 0 Å². The Labute approximate surface area is 126 Å². The zero-order valence-electron chi connectivity index (χ0n) is 15.3. The van der Waals surface area contributed by atoms with Gasteiger partial charge >= 0.3 is 0 Å². The molecule has 0 aliphatic heterocycles. The van der Waals surface area contributed by atoms with Crippen LogP contribution in [-0.4, -0.2) is 13.2 Å². The van der Waals surface area contributed by atoms with Crippen LogP contribution in [0.15, 0.2) is 22.8 Å². The zero-order valence-corrected chi connectivity index (χ0v) is 15.3. The highest BCUT2D eigenvalue weighted by Crippen LogP contribution is 2.48. The molecule has 0 aromatic carbocycles. The van der Waals surface area contributed by atoms with Crippen molar-refractivity contribution in [3.8, 4) is 0 Å². The summed E-state index contributed by atoms with van der Waals surface area (Å²) in [6, 6.07) is 0. The highest BCUT2D eigenvalue weighted by Gasteiger charge is 2.38. The van der Waals surface area contributed by atoms with Crippen molar-refractivity contribution in [1.82, 2.24) is 0 Å². The van der Waals surface area contributed by atoms with Gasteiger partial charge in [-0.25, -0.2) is 0 Å². The van der Waals surface area contributed by atoms with Crippen molar-refractivity contribution in [2.45, 2.75) is 74.8 Å². The van der Waals surface area contributed by atoms with Crippen LogP contribution in [-0.2, 0) is 4.74 Å². The number of allylic oxidation sites excluding steroid dienone is 2. The fourth-order valence-electron chi connectivity index (χ4n) is 3.14. The third-order valence-corrected chi connectivity index (χ3v) is 3.83. The van der Waals surface area contributed by atoms with Crippen LogP contribution in [0.4, 0.5) is 0 Å². The molecule has 0 heterocycles. The van der Waals surface area contributed by atoms with Crippen molar-refractivity contribution in [2.75, 3.05) is 7.11 Å². The van der Waals surface area contributed by atoms with Crippen molar-refractivity contribution in [3.05, 3.63) is 22.8 Å². The molecule has 0 fully saturated rings. The molecule has 1 nitrogen and oxygen atoms in total. The minimum absolute atomic E-state index is 0.140. The van der Waals surface area contributed by atoms with E-state index in [1.54, 1.807) is 0 Å². The Balaban J connectivity index is 3.44. The molecule has 0 amide bonds. The molecule has 0 saturated heterocycles. The lowest BCUT2D eigenvalue weighted by Gasteiger charge is -2.32. The molecular weight excluding hydrogens is 244 g/mol. The first-order chi connectivity index (χ1) is 8.77. The Morgan fingerprint density at radius 1 is 0.900 bits per heavy atom. The van der Waals surface area contributed by atoms with Crippen LogP contribution in [0.2, 0.25) is 0 Å². The maximum Gasteiger partial charge on any atom is 0.0979 e. The molecule has 1 aliphatic carbocycles. The quantitative estimate of drug-likeness (QED) is 0.623. The first-order valence-electron chi connectivity index (χ1n) is 7.76. The highest BCUT2D eigenvalue weighted by atomic mass is 16.5. The van der Waals surface area contributed by atoms with Gasteiger partial charge in [0.05, 0.1) is 6.10 Å². The van der Waals surface area contributed by atoms with Gasteiger partial charge in [-0.3, -0.25) is 0 Å². The van der Waals surface area contributed by atoms with Crippen molar-refractivity contribution in [2.24, 2.45) is 16.2 Å². The Kier molecular flexibility index (Phi) is 4.66. The van der Waals surface area contributed by atoms with Crippen LogP contribution in [0.5, 0.6) is 0 Å². The van der Waals surface area contributed by atoms with Gasteiger partial charge in [0.1, 0.15) is 0 Å². The summed E-state index contributed by atoms with van der Waals surface area (Å²) in [4.78, 5) is 0. The summed E-state index contributed by atoms with van der Waals surface area (Å²) in [5.74, 6) is 0. The maximum absolute atomic E-state index is 5.79. The van der Waals surface area contributed by atoms with E-state index in [1.807, 2.05) is 7.11 Å². The van der Waals surface area contributed by atoms with Crippen LogP contribution in [0.1, 0.15) is 68.7 Å². The van der Waals surface area contributed by atoms with Gasteiger partial charge in [0, 0.05) is 7.11 Å². The molecule has 0 aromatic heterocycles. The lowest BCUT2D eigenvalue weighted by atomic mass is 9.73. The van der Waals surface area contributed by atoms with Gasteiger partial charge in [-0.15, -0.1) is 0 Å². The van der Waals surface area contributed by atoms with Crippen LogP contribution in [0.25, 0.3) is 0 Å². The van der Waals surface area contributed by atoms with Gasteiger partial charge in [-0.2, -0.15) is 0 Å². The summed E-state index contributed by atoms with van der Waals surface area (Å²) in [6.07, 6.45) is 3.60. The standard InChI is InChI=1S/C19H34O/c1-17(2,3)12-13-14(18(4,5)6)11-15(20-10)16(13)19(7,8)9/h11,15H,12H2,1-10H3. The molecule has 0 bridgehead atoms. The minimum Gasteiger partial charge on any atom is -0.373 e. The largest absolute Gasteiger partial charge is 0.373 e. The average molecular weight is 278 g/mol. The molecule has 20 heavy (non-hydrogen) atoms. The summed E-state index contributed by atoms with van der Waals surface area (Å²) in [7, 11) is 1.83. The molecular formula is C19H34O. The van der Waals surface area contributed by atoms with Crippen LogP contribution < -0.4 is 0 Å². The fourth-order valence-corrected chi connectivity index (χ4v) is 3.14. The number of methoxy groups -OCH3 is 1. The molecule has 0 spiro atoms. The van der Waals surface area contributed by atoms with Crippen LogP contribution in [0, 0.1) is 16.2 Å². The van der Waals surface area contributed by atoms with E-state index in [-0.39, 0.29) is 16.9 Å². The highest BCUT2D eigenvalue weighted by molar-refractivity contribution is 5.51. The number of hydrogen-bond acceptors (Lipinski definition) is 1. The topological polar surface area (TPSA) is 9.23 Å². The van der Waals surface area contributed by atoms with Gasteiger partial charge in [-0.05, 0) is 45.5 Å². The van der Waals surface area contributed by atoms with Crippen molar-refractivity contribution in [3.63, 3.8) is 0 Å². The Hall–Kier alpha value is -0.560. The molecule has 1 rings (SSSR count). The summed E-state index contributed by atoms with van der Waals surface area (Å²) >= 11 is 0. The summed E-state index contributed by atoms with van der Waals surface area (Å²) in [6.45, 7) is 20.8. The second kappa shape index (κ2) is 5.33. The first kappa shape index (κ1) is 17.5. The molecule has 1 aliphatic rings. The Bertz CT molecular complexity index is 416. The zero-order chi connectivity index (χ0) is 15.9. The predicted molar refractivity (Wildman–Crippen MR) is 88.9 cm³/mol. The summed E-state index contributed by atoms with van der Waals surface area (Å²) in [5.41, 5.74) is 5.09. The molecule has 0 N–H and O–H groups in total. The van der Waals surface area contributed by atoms with E-state index in [1.165, 1.54) is 16.7 Å². The number of ether oxygens (including phenoxy) is 1. The molecule has 0 radical (unpaired) electrons. The van der Waals surface area contributed by atoms with E-state index in [2.05, 4.69) is 68.4 Å². The van der Waals surface area contributed by atoms with Crippen LogP contribution >= 0.6 is 0 Å². The lowest BCUT2D eigenvalue weighted by molar-refractivity contribution is 0.152. The van der Waals surface area contributed by atoms with Gasteiger partial charge in [0.15, 0.2) is 0 Å².